The van der Waals surface area contributed by atoms with Gasteiger partial charge in [0.1, 0.15) is 5.75 Å². The van der Waals surface area contributed by atoms with E-state index < -0.39 is 0 Å². The highest BCUT2D eigenvalue weighted by atomic mass is 16.5. The summed E-state index contributed by atoms with van der Waals surface area (Å²) in [6.07, 6.45) is 5.22. The molecule has 1 saturated heterocycles. The first-order valence-electron chi connectivity index (χ1n) is 10.3. The van der Waals surface area contributed by atoms with Gasteiger partial charge in [-0.3, -0.25) is 9.59 Å². The van der Waals surface area contributed by atoms with Crippen molar-refractivity contribution in [3.63, 3.8) is 0 Å². The fraction of sp³-hybridized carbons (Fsp3) is 0.636. The largest absolute Gasteiger partial charge is 0.496 e. The van der Waals surface area contributed by atoms with Gasteiger partial charge in [-0.05, 0) is 42.9 Å². The second kappa shape index (κ2) is 8.77. The summed E-state index contributed by atoms with van der Waals surface area (Å²) >= 11 is 0. The third-order valence-electron chi connectivity index (χ3n) is 5.92. The Balaban J connectivity index is 1.68. The quantitative estimate of drug-likeness (QED) is 0.810. The highest BCUT2D eigenvalue weighted by Gasteiger charge is 2.30. The Morgan fingerprint density at radius 3 is 2.33 bits per heavy atom. The Kier molecular flexibility index (Phi) is 6.40. The molecule has 0 atom stereocenters. The van der Waals surface area contributed by atoms with Gasteiger partial charge < -0.3 is 14.5 Å². The lowest BCUT2D eigenvalue weighted by atomic mass is 10.0. The first-order chi connectivity index (χ1) is 13.0. The minimum absolute atomic E-state index is 0.00248. The Morgan fingerprint density at radius 1 is 1.00 bits per heavy atom. The fourth-order valence-corrected chi connectivity index (χ4v) is 4.19. The van der Waals surface area contributed by atoms with Crippen molar-refractivity contribution in [3.8, 4) is 5.75 Å². The van der Waals surface area contributed by atoms with Gasteiger partial charge in [0, 0.05) is 32.1 Å². The Bertz CT molecular complexity index is 680. The van der Waals surface area contributed by atoms with E-state index in [0.717, 1.165) is 31.4 Å². The molecule has 1 aliphatic carbocycles. The predicted octanol–water partition coefficient (Wildman–Crippen LogP) is 3.68. The molecule has 1 saturated carbocycles. The monoisotopic (exact) mass is 372 g/mol. The van der Waals surface area contributed by atoms with Crippen LogP contribution in [0.3, 0.4) is 0 Å². The molecule has 148 valence electrons. The zero-order valence-corrected chi connectivity index (χ0v) is 16.9. The summed E-state index contributed by atoms with van der Waals surface area (Å²) in [5, 5.41) is 0. The average molecular weight is 373 g/mol. The molecule has 2 amide bonds. The van der Waals surface area contributed by atoms with Crippen molar-refractivity contribution in [1.82, 2.24) is 9.80 Å². The van der Waals surface area contributed by atoms with Crippen LogP contribution in [0.5, 0.6) is 5.75 Å². The third-order valence-corrected chi connectivity index (χ3v) is 5.92. The lowest BCUT2D eigenvalue weighted by Gasteiger charge is -2.25. The Labute approximate surface area is 162 Å². The van der Waals surface area contributed by atoms with Gasteiger partial charge >= 0.3 is 0 Å². The van der Waals surface area contributed by atoms with Crippen molar-refractivity contribution in [3.05, 3.63) is 29.3 Å². The molecule has 1 aromatic carbocycles. The number of ether oxygens (including phenoxy) is 1. The number of amides is 2. The van der Waals surface area contributed by atoms with Crippen LogP contribution in [-0.4, -0.2) is 54.9 Å². The van der Waals surface area contributed by atoms with E-state index in [9.17, 15) is 9.59 Å². The van der Waals surface area contributed by atoms with Crippen molar-refractivity contribution in [2.45, 2.75) is 51.9 Å². The van der Waals surface area contributed by atoms with Crippen LogP contribution < -0.4 is 4.74 Å². The number of benzene rings is 1. The molecule has 0 unspecified atom stereocenters. The molecule has 1 heterocycles. The molecular formula is C22H32N2O3. The number of carbonyl (C=O) groups excluding carboxylic acids is 2. The van der Waals surface area contributed by atoms with Gasteiger partial charge in [0.05, 0.1) is 12.7 Å². The van der Waals surface area contributed by atoms with Gasteiger partial charge in [0.2, 0.25) is 5.91 Å². The summed E-state index contributed by atoms with van der Waals surface area (Å²) in [6, 6.07) is 5.85. The average Bonchev–Trinajstić information content (AvgIpc) is 3.11. The van der Waals surface area contributed by atoms with Crippen molar-refractivity contribution in [2.24, 2.45) is 5.92 Å². The smallest absolute Gasteiger partial charge is 0.257 e. The molecule has 2 fully saturated rings. The maximum Gasteiger partial charge on any atom is 0.257 e. The third kappa shape index (κ3) is 4.45. The van der Waals surface area contributed by atoms with E-state index in [4.69, 9.17) is 4.74 Å². The van der Waals surface area contributed by atoms with Crippen LogP contribution in [0, 0.1) is 5.92 Å². The molecule has 0 N–H and O–H groups in total. The van der Waals surface area contributed by atoms with Gasteiger partial charge in [-0.2, -0.15) is 0 Å². The number of hydrogen-bond donors (Lipinski definition) is 0. The normalized spacial score (nSPS) is 18.7. The van der Waals surface area contributed by atoms with Crippen molar-refractivity contribution in [1.29, 1.82) is 0 Å². The predicted molar refractivity (Wildman–Crippen MR) is 106 cm³/mol. The van der Waals surface area contributed by atoms with E-state index in [-0.39, 0.29) is 11.8 Å². The highest BCUT2D eigenvalue weighted by Crippen LogP contribution is 2.28. The summed E-state index contributed by atoms with van der Waals surface area (Å²) in [4.78, 5) is 29.6. The van der Waals surface area contributed by atoms with E-state index in [0.29, 0.717) is 42.8 Å². The van der Waals surface area contributed by atoms with Crippen LogP contribution in [0.15, 0.2) is 18.2 Å². The van der Waals surface area contributed by atoms with E-state index in [1.54, 1.807) is 7.11 Å². The minimum atomic E-state index is -0.00248. The van der Waals surface area contributed by atoms with Gasteiger partial charge in [0.25, 0.3) is 5.91 Å². The van der Waals surface area contributed by atoms with Crippen LogP contribution in [0.25, 0.3) is 0 Å². The van der Waals surface area contributed by atoms with E-state index in [2.05, 4.69) is 13.8 Å². The van der Waals surface area contributed by atoms with Crippen molar-refractivity contribution in [2.75, 3.05) is 33.3 Å². The standard InChI is InChI=1S/C22H32N2O3/c1-16(2)18-9-10-19(20(15-18)27-3)22(26)24-12-6-11-23(13-14-24)21(25)17-7-4-5-8-17/h9-10,15-17H,4-8,11-14H2,1-3H3. The fourth-order valence-electron chi connectivity index (χ4n) is 4.19. The number of rotatable bonds is 4. The zero-order chi connectivity index (χ0) is 19.4. The number of carbonyl (C=O) groups is 2. The molecule has 2 aliphatic rings. The molecule has 0 radical (unpaired) electrons. The lowest BCUT2D eigenvalue weighted by Crippen LogP contribution is -2.39. The van der Waals surface area contributed by atoms with E-state index >= 15 is 0 Å². The topological polar surface area (TPSA) is 49.9 Å². The molecule has 5 nitrogen and oxygen atoms in total. The van der Waals surface area contributed by atoms with Gasteiger partial charge in [0.15, 0.2) is 0 Å². The lowest BCUT2D eigenvalue weighted by molar-refractivity contribution is -0.135. The molecule has 0 spiro atoms. The zero-order valence-electron chi connectivity index (χ0n) is 16.9. The van der Waals surface area contributed by atoms with Crippen molar-refractivity contribution < 1.29 is 14.3 Å². The van der Waals surface area contributed by atoms with E-state index in [1.807, 2.05) is 28.0 Å². The SMILES string of the molecule is COc1cc(C(C)C)ccc1C(=O)N1CCCN(C(=O)C2CCCC2)CC1. The summed E-state index contributed by atoms with van der Waals surface area (Å²) in [5.41, 5.74) is 1.77. The number of nitrogens with zero attached hydrogens (tertiary/aromatic N) is 2. The molecule has 0 aromatic heterocycles. The van der Waals surface area contributed by atoms with Gasteiger partial charge in [-0.15, -0.1) is 0 Å². The second-order valence-corrected chi connectivity index (χ2v) is 8.07. The Morgan fingerprint density at radius 2 is 1.67 bits per heavy atom. The minimum Gasteiger partial charge on any atom is -0.496 e. The highest BCUT2D eigenvalue weighted by molar-refractivity contribution is 5.97. The second-order valence-electron chi connectivity index (χ2n) is 8.07. The van der Waals surface area contributed by atoms with Gasteiger partial charge in [-0.1, -0.05) is 32.8 Å². The Hall–Kier alpha value is -2.04. The maximum absolute atomic E-state index is 13.1. The molecule has 1 aromatic rings. The molecule has 0 bridgehead atoms. The van der Waals surface area contributed by atoms with Crippen molar-refractivity contribution >= 4 is 11.8 Å². The molecule has 1 aliphatic heterocycles. The summed E-state index contributed by atoms with van der Waals surface area (Å²) < 4.78 is 5.49. The molecule has 27 heavy (non-hydrogen) atoms. The molecule has 3 rings (SSSR count). The first kappa shape index (κ1) is 19.7. The van der Waals surface area contributed by atoms with Crippen LogP contribution >= 0.6 is 0 Å². The summed E-state index contributed by atoms with van der Waals surface area (Å²) in [5.74, 6) is 1.51. The maximum atomic E-state index is 13.1. The first-order valence-corrected chi connectivity index (χ1v) is 10.3. The van der Waals surface area contributed by atoms with Crippen LogP contribution in [-0.2, 0) is 4.79 Å². The number of methoxy groups -OCH3 is 1. The number of hydrogen-bond acceptors (Lipinski definition) is 3. The van der Waals surface area contributed by atoms with E-state index in [1.165, 1.54) is 12.8 Å². The molecule has 5 heteroatoms. The van der Waals surface area contributed by atoms with Crippen LogP contribution in [0.4, 0.5) is 0 Å². The van der Waals surface area contributed by atoms with Crippen LogP contribution in [0.2, 0.25) is 0 Å². The van der Waals surface area contributed by atoms with Crippen LogP contribution in [0.1, 0.15) is 67.8 Å². The molecular weight excluding hydrogens is 340 g/mol. The van der Waals surface area contributed by atoms with Gasteiger partial charge in [-0.25, -0.2) is 0 Å². The summed E-state index contributed by atoms with van der Waals surface area (Å²) in [6.45, 7) is 6.91. The summed E-state index contributed by atoms with van der Waals surface area (Å²) in [7, 11) is 1.61.